The Morgan fingerprint density at radius 2 is 1.76 bits per heavy atom. The molecule has 1 N–H and O–H groups in total. The number of pyridine rings is 1. The Morgan fingerprint density at radius 1 is 0.909 bits per heavy atom. The Kier molecular flexibility index (Phi) is 5.87. The van der Waals surface area contributed by atoms with E-state index in [9.17, 15) is 4.79 Å². The van der Waals surface area contributed by atoms with Crippen LogP contribution in [0.3, 0.4) is 0 Å². The van der Waals surface area contributed by atoms with Crippen LogP contribution in [0, 0.1) is 0 Å². The van der Waals surface area contributed by atoms with Gasteiger partial charge in [0.25, 0.3) is 0 Å². The summed E-state index contributed by atoms with van der Waals surface area (Å²) in [6.07, 6.45) is 7.47. The highest BCUT2D eigenvalue weighted by molar-refractivity contribution is 6.30. The molecule has 0 spiro atoms. The zero-order valence-electron chi connectivity index (χ0n) is 17.8. The molecule has 0 atom stereocenters. The molecule has 1 amide bonds. The Bertz CT molecular complexity index is 1390. The fourth-order valence-corrected chi connectivity index (χ4v) is 4.18. The summed E-state index contributed by atoms with van der Waals surface area (Å²) in [6, 6.07) is 23.5. The van der Waals surface area contributed by atoms with E-state index < -0.39 is 0 Å². The second kappa shape index (κ2) is 9.27. The minimum atomic E-state index is -0.0100. The predicted molar refractivity (Wildman–Crippen MR) is 132 cm³/mol. The lowest BCUT2D eigenvalue weighted by Gasteiger charge is -2.24. The monoisotopic (exact) mass is 452 g/mol. The molecule has 0 unspecified atom stereocenters. The van der Waals surface area contributed by atoms with Gasteiger partial charge < -0.3 is 4.90 Å². The number of hydrogen-bond donors (Lipinski definition) is 1. The predicted octanol–water partition coefficient (Wildman–Crippen LogP) is 6.05. The molecule has 33 heavy (non-hydrogen) atoms. The van der Waals surface area contributed by atoms with Crippen LogP contribution in [0.5, 0.6) is 0 Å². The Morgan fingerprint density at radius 3 is 2.55 bits per heavy atom. The molecule has 5 aromatic rings. The van der Waals surface area contributed by atoms with Crippen LogP contribution in [0.1, 0.15) is 11.1 Å². The number of nitrogens with zero attached hydrogens (tertiary/aromatic N) is 3. The van der Waals surface area contributed by atoms with Crippen molar-refractivity contribution in [2.75, 3.05) is 4.90 Å². The van der Waals surface area contributed by atoms with Gasteiger partial charge in [-0.25, -0.2) is 0 Å². The number of H-pyrrole nitrogens is 1. The molecule has 5 nitrogen and oxygen atoms in total. The van der Waals surface area contributed by atoms with Crippen molar-refractivity contribution in [1.29, 1.82) is 0 Å². The van der Waals surface area contributed by atoms with Crippen molar-refractivity contribution in [1.82, 2.24) is 15.2 Å². The lowest BCUT2D eigenvalue weighted by Crippen LogP contribution is -2.31. The SMILES string of the molecule is O=C(Cc1cncc2ccccc12)N(Cc1cccc(Cl)c1)c1ccc(-c2cn[nH]c2)cc1. The van der Waals surface area contributed by atoms with E-state index in [1.165, 1.54) is 0 Å². The highest BCUT2D eigenvalue weighted by Gasteiger charge is 2.18. The fraction of sp³-hybridized carbons (Fsp3) is 0.0741. The van der Waals surface area contributed by atoms with E-state index in [0.29, 0.717) is 11.6 Å². The number of anilines is 1. The van der Waals surface area contributed by atoms with Gasteiger partial charge in [-0.05, 0) is 46.3 Å². The number of halogens is 1. The molecular weight excluding hydrogens is 432 g/mol. The molecule has 0 aliphatic heterocycles. The first-order valence-corrected chi connectivity index (χ1v) is 11.0. The van der Waals surface area contributed by atoms with Crippen LogP contribution in [0.15, 0.2) is 97.6 Å². The Balaban J connectivity index is 1.48. The first-order valence-electron chi connectivity index (χ1n) is 10.6. The van der Waals surface area contributed by atoms with E-state index in [4.69, 9.17) is 11.6 Å². The zero-order valence-corrected chi connectivity index (χ0v) is 18.5. The van der Waals surface area contributed by atoms with Gasteiger partial charge in [0.1, 0.15) is 0 Å². The van der Waals surface area contributed by atoms with Crippen LogP contribution in [-0.4, -0.2) is 21.1 Å². The number of rotatable bonds is 6. The van der Waals surface area contributed by atoms with Crippen LogP contribution < -0.4 is 4.90 Å². The quantitative estimate of drug-likeness (QED) is 0.341. The molecule has 0 radical (unpaired) electrons. The first kappa shape index (κ1) is 20.9. The minimum absolute atomic E-state index is 0.0100. The number of hydrogen-bond acceptors (Lipinski definition) is 3. The maximum Gasteiger partial charge on any atom is 0.231 e. The number of nitrogens with one attached hydrogen (secondary N) is 1. The van der Waals surface area contributed by atoms with Crippen molar-refractivity contribution >= 4 is 34.0 Å². The molecule has 0 aliphatic carbocycles. The summed E-state index contributed by atoms with van der Waals surface area (Å²) in [5.41, 5.74) is 4.72. The summed E-state index contributed by atoms with van der Waals surface area (Å²) in [4.78, 5) is 19.7. The van der Waals surface area contributed by atoms with Crippen molar-refractivity contribution in [2.45, 2.75) is 13.0 Å². The van der Waals surface area contributed by atoms with Gasteiger partial charge in [-0.3, -0.25) is 14.9 Å². The molecule has 0 fully saturated rings. The lowest BCUT2D eigenvalue weighted by atomic mass is 10.0. The zero-order chi connectivity index (χ0) is 22.6. The van der Waals surface area contributed by atoms with Gasteiger partial charge in [0, 0.05) is 40.3 Å². The molecule has 6 heteroatoms. The van der Waals surface area contributed by atoms with Crippen LogP contribution in [0.4, 0.5) is 5.69 Å². The number of fused-ring (bicyclic) bond motifs is 1. The molecule has 3 aromatic carbocycles. The first-order chi connectivity index (χ1) is 16.2. The van der Waals surface area contributed by atoms with Gasteiger partial charge in [-0.1, -0.05) is 60.1 Å². The van der Waals surface area contributed by atoms with Crippen molar-refractivity contribution in [3.8, 4) is 11.1 Å². The third-order valence-electron chi connectivity index (χ3n) is 5.63. The second-order valence-electron chi connectivity index (χ2n) is 7.84. The number of aromatic amines is 1. The van der Waals surface area contributed by atoms with Crippen molar-refractivity contribution < 1.29 is 4.79 Å². The van der Waals surface area contributed by atoms with Gasteiger partial charge in [0.2, 0.25) is 5.91 Å². The molecular formula is C27H21ClN4O. The Labute approximate surface area is 196 Å². The molecule has 162 valence electrons. The average Bonchev–Trinajstić information content (AvgIpc) is 3.38. The summed E-state index contributed by atoms with van der Waals surface area (Å²) >= 11 is 6.21. The average molecular weight is 453 g/mol. The van der Waals surface area contributed by atoms with Gasteiger partial charge in [-0.2, -0.15) is 5.10 Å². The summed E-state index contributed by atoms with van der Waals surface area (Å²) in [7, 11) is 0. The van der Waals surface area contributed by atoms with Gasteiger partial charge >= 0.3 is 0 Å². The van der Waals surface area contributed by atoms with E-state index in [1.807, 2.05) is 85.2 Å². The highest BCUT2D eigenvalue weighted by atomic mass is 35.5. The van der Waals surface area contributed by atoms with Crippen LogP contribution >= 0.6 is 11.6 Å². The summed E-state index contributed by atoms with van der Waals surface area (Å²) in [5.74, 6) is -0.0100. The van der Waals surface area contributed by atoms with E-state index in [-0.39, 0.29) is 12.3 Å². The molecule has 2 aromatic heterocycles. The summed E-state index contributed by atoms with van der Waals surface area (Å²) < 4.78 is 0. The highest BCUT2D eigenvalue weighted by Crippen LogP contribution is 2.26. The minimum Gasteiger partial charge on any atom is -0.308 e. The third kappa shape index (κ3) is 4.64. The number of benzene rings is 3. The largest absolute Gasteiger partial charge is 0.308 e. The van der Waals surface area contributed by atoms with Gasteiger partial charge in [0.15, 0.2) is 0 Å². The molecule has 2 heterocycles. The molecule has 0 saturated heterocycles. The van der Waals surface area contributed by atoms with E-state index in [2.05, 4.69) is 15.2 Å². The topological polar surface area (TPSA) is 61.9 Å². The molecule has 5 rings (SSSR count). The van der Waals surface area contributed by atoms with Crippen molar-refractivity contribution in [2.24, 2.45) is 0 Å². The Hall–Kier alpha value is -3.96. The normalized spacial score (nSPS) is 10.9. The lowest BCUT2D eigenvalue weighted by molar-refractivity contribution is -0.118. The van der Waals surface area contributed by atoms with Crippen LogP contribution in [0.2, 0.25) is 5.02 Å². The van der Waals surface area contributed by atoms with Crippen molar-refractivity contribution in [3.05, 3.63) is 114 Å². The van der Waals surface area contributed by atoms with Crippen LogP contribution in [-0.2, 0) is 17.8 Å². The molecule has 0 aliphatic rings. The molecule has 0 saturated carbocycles. The number of aromatic nitrogens is 3. The van der Waals surface area contributed by atoms with E-state index in [0.717, 1.165) is 38.7 Å². The third-order valence-corrected chi connectivity index (χ3v) is 5.87. The second-order valence-corrected chi connectivity index (χ2v) is 8.28. The number of amides is 1. The number of carbonyl (C=O) groups is 1. The molecule has 0 bridgehead atoms. The smallest absolute Gasteiger partial charge is 0.231 e. The van der Waals surface area contributed by atoms with E-state index in [1.54, 1.807) is 17.3 Å². The maximum atomic E-state index is 13.6. The standard InChI is InChI=1S/C27H21ClN4O/c28-24-6-3-4-19(12-24)18-32(25-10-8-20(9-11-25)23-16-30-31-17-23)27(33)13-22-15-29-14-21-5-1-2-7-26(21)22/h1-12,14-17H,13,18H2,(H,30,31). The van der Waals surface area contributed by atoms with Gasteiger partial charge in [0.05, 0.1) is 19.2 Å². The maximum absolute atomic E-state index is 13.6. The summed E-state index contributed by atoms with van der Waals surface area (Å²) in [5, 5.41) is 9.55. The van der Waals surface area contributed by atoms with Crippen molar-refractivity contribution in [3.63, 3.8) is 0 Å². The van der Waals surface area contributed by atoms with Crippen LogP contribution in [0.25, 0.3) is 21.9 Å². The fourth-order valence-electron chi connectivity index (χ4n) is 3.96. The van der Waals surface area contributed by atoms with Gasteiger partial charge in [-0.15, -0.1) is 0 Å². The summed E-state index contributed by atoms with van der Waals surface area (Å²) in [6.45, 7) is 0.419. The number of carbonyl (C=O) groups excluding carboxylic acids is 1. The van der Waals surface area contributed by atoms with E-state index >= 15 is 0 Å².